The van der Waals surface area contributed by atoms with Gasteiger partial charge in [0.05, 0.1) is 22.8 Å². The van der Waals surface area contributed by atoms with Crippen molar-refractivity contribution in [2.45, 2.75) is 132 Å². The second-order valence-corrected chi connectivity index (χ2v) is 13.1. The highest BCUT2D eigenvalue weighted by molar-refractivity contribution is 5.76. The number of nitrogens with zero attached hydrogens (tertiary/aromatic N) is 14. The molecule has 264 valence electrons. The van der Waals surface area contributed by atoms with Gasteiger partial charge < -0.3 is 5.32 Å². The number of hydrogen-bond acceptors (Lipinski definition) is 11. The van der Waals surface area contributed by atoms with Crippen LogP contribution >= 0.6 is 0 Å². The smallest absolute Gasteiger partial charge is 0.220 e. The Kier molecular flexibility index (Phi) is 14.6. The summed E-state index contributed by atoms with van der Waals surface area (Å²) in [5, 5.41) is 38.2. The lowest BCUT2D eigenvalue weighted by molar-refractivity contribution is -0.121. The van der Waals surface area contributed by atoms with Crippen LogP contribution in [0.4, 0.5) is 0 Å². The first-order chi connectivity index (χ1) is 23.2. The van der Waals surface area contributed by atoms with Gasteiger partial charge in [0.1, 0.15) is 0 Å². The van der Waals surface area contributed by atoms with Crippen molar-refractivity contribution in [2.24, 2.45) is 5.92 Å². The Hall–Kier alpha value is -4.05. The lowest BCUT2D eigenvalue weighted by Crippen LogP contribution is -2.34. The predicted octanol–water partition coefficient (Wildman–Crippen LogP) is 2.93. The van der Waals surface area contributed by atoms with Crippen LogP contribution in [0.2, 0.25) is 0 Å². The van der Waals surface area contributed by atoms with Gasteiger partial charge in [-0.3, -0.25) is 33.3 Å². The molecule has 0 fully saturated rings. The number of aromatic nitrogens is 12. The SMILES string of the molecule is CCCn1cc(CN(CCN(Cc2cn(CCC)nn2)Cc2cn(CC(C)CCC(=O)NC(C)C)nn2)Cc2cn(CCC)nn2)nn1. The monoisotopic (exact) mass is 665 g/mol. The number of nitrogens with one attached hydrogen (secondary N) is 1. The summed E-state index contributed by atoms with van der Waals surface area (Å²) in [5.41, 5.74) is 3.66. The van der Waals surface area contributed by atoms with Gasteiger partial charge in [-0.15, -0.1) is 20.4 Å². The molecule has 1 N–H and O–H groups in total. The van der Waals surface area contributed by atoms with Gasteiger partial charge in [-0.2, -0.15) is 0 Å². The summed E-state index contributed by atoms with van der Waals surface area (Å²) in [6.45, 7) is 19.8. The molecule has 0 aliphatic rings. The van der Waals surface area contributed by atoms with E-state index < -0.39 is 0 Å². The van der Waals surface area contributed by atoms with Crippen LogP contribution in [0.25, 0.3) is 0 Å². The molecule has 0 bridgehead atoms. The fourth-order valence-corrected chi connectivity index (χ4v) is 5.56. The molecule has 0 saturated carbocycles. The molecule has 4 aromatic heterocycles. The number of carbonyl (C=O) groups excluding carboxylic acids is 1. The van der Waals surface area contributed by atoms with E-state index in [-0.39, 0.29) is 11.9 Å². The van der Waals surface area contributed by atoms with Crippen molar-refractivity contribution in [2.75, 3.05) is 13.1 Å². The van der Waals surface area contributed by atoms with Crippen molar-refractivity contribution in [1.82, 2.24) is 75.1 Å². The summed E-state index contributed by atoms with van der Waals surface area (Å²) in [6, 6.07) is 0.153. The van der Waals surface area contributed by atoms with Crippen LogP contribution in [0.15, 0.2) is 24.8 Å². The average Bonchev–Trinajstić information content (AvgIpc) is 3.85. The van der Waals surface area contributed by atoms with E-state index in [1.54, 1.807) is 0 Å². The lowest BCUT2D eigenvalue weighted by Gasteiger charge is -2.25. The van der Waals surface area contributed by atoms with Crippen LogP contribution in [0, 0.1) is 5.92 Å². The van der Waals surface area contributed by atoms with Crippen LogP contribution < -0.4 is 5.32 Å². The summed E-state index contributed by atoms with van der Waals surface area (Å²) >= 11 is 0. The molecule has 16 heteroatoms. The van der Waals surface area contributed by atoms with Gasteiger partial charge in [0, 0.05) is 103 Å². The van der Waals surface area contributed by atoms with E-state index in [0.29, 0.717) is 45.1 Å². The summed E-state index contributed by atoms with van der Waals surface area (Å²) in [6.07, 6.45) is 12.4. The lowest BCUT2D eigenvalue weighted by atomic mass is 10.1. The van der Waals surface area contributed by atoms with E-state index in [0.717, 1.165) is 81.2 Å². The van der Waals surface area contributed by atoms with Crippen molar-refractivity contribution in [3.05, 3.63) is 47.6 Å². The number of rotatable bonds is 23. The van der Waals surface area contributed by atoms with Gasteiger partial charge in [0.15, 0.2) is 0 Å². The quantitative estimate of drug-likeness (QED) is 0.124. The van der Waals surface area contributed by atoms with Crippen LogP contribution in [0.1, 0.15) is 96.4 Å². The van der Waals surface area contributed by atoms with E-state index in [1.165, 1.54) is 0 Å². The molecule has 4 aromatic rings. The molecule has 1 amide bonds. The van der Waals surface area contributed by atoms with Crippen molar-refractivity contribution in [3.63, 3.8) is 0 Å². The fraction of sp³-hybridized carbons (Fsp3) is 0.719. The van der Waals surface area contributed by atoms with E-state index >= 15 is 0 Å². The molecule has 0 aliphatic carbocycles. The molecule has 48 heavy (non-hydrogen) atoms. The molecule has 16 nitrogen and oxygen atoms in total. The molecular weight excluding hydrogens is 610 g/mol. The molecule has 0 aromatic carbocycles. The Morgan fingerprint density at radius 2 is 1.02 bits per heavy atom. The first-order valence-electron chi connectivity index (χ1n) is 17.5. The second-order valence-electron chi connectivity index (χ2n) is 13.1. The highest BCUT2D eigenvalue weighted by Gasteiger charge is 2.18. The number of carbonyl (C=O) groups is 1. The molecule has 4 heterocycles. The maximum atomic E-state index is 12.1. The molecule has 1 atom stereocenters. The molecule has 0 radical (unpaired) electrons. The van der Waals surface area contributed by atoms with Crippen molar-refractivity contribution >= 4 is 5.91 Å². The molecular formula is C32H55N15O. The molecule has 1 unspecified atom stereocenters. The van der Waals surface area contributed by atoms with Gasteiger partial charge in [0.2, 0.25) is 5.91 Å². The third kappa shape index (κ3) is 12.5. The van der Waals surface area contributed by atoms with Gasteiger partial charge in [0.25, 0.3) is 0 Å². The van der Waals surface area contributed by atoms with Crippen molar-refractivity contribution in [3.8, 4) is 0 Å². The summed E-state index contributed by atoms with van der Waals surface area (Å²) in [5.74, 6) is 0.383. The van der Waals surface area contributed by atoms with E-state index in [1.807, 2.05) is 57.4 Å². The van der Waals surface area contributed by atoms with Crippen molar-refractivity contribution < 1.29 is 4.79 Å². The number of hydrogen-bond donors (Lipinski definition) is 1. The third-order valence-corrected chi connectivity index (χ3v) is 7.79. The number of amides is 1. The Bertz CT molecular complexity index is 1440. The summed E-state index contributed by atoms with van der Waals surface area (Å²) < 4.78 is 7.60. The first kappa shape index (κ1) is 36.8. The van der Waals surface area contributed by atoms with Crippen LogP contribution in [0.3, 0.4) is 0 Å². The zero-order valence-electron chi connectivity index (χ0n) is 29.7. The first-order valence-corrected chi connectivity index (χ1v) is 17.5. The maximum absolute atomic E-state index is 12.1. The van der Waals surface area contributed by atoms with Crippen LogP contribution in [-0.2, 0) is 57.2 Å². The normalized spacial score (nSPS) is 12.5. The Morgan fingerprint density at radius 1 is 0.646 bits per heavy atom. The minimum absolute atomic E-state index is 0.0906. The Labute approximate surface area is 284 Å². The van der Waals surface area contributed by atoms with Gasteiger partial charge in [-0.05, 0) is 45.4 Å². The van der Waals surface area contributed by atoms with Gasteiger partial charge >= 0.3 is 0 Å². The molecule has 0 saturated heterocycles. The highest BCUT2D eigenvalue weighted by Crippen LogP contribution is 2.13. The largest absolute Gasteiger partial charge is 0.354 e. The van der Waals surface area contributed by atoms with Crippen LogP contribution in [-0.4, -0.2) is 94.8 Å². The second kappa shape index (κ2) is 19.1. The standard InChI is InChI=1S/C32H55N15O/c1-7-12-44-22-28(34-38-44)18-42(19-29-23-45(13-8-2)39-35-29)15-16-43(20-30-24-46(14-9-3)40-36-30)21-31-25-47(41-37-31)17-27(6)10-11-32(48)33-26(4)5/h22-27H,7-21H2,1-6H3,(H,33,48). The highest BCUT2D eigenvalue weighted by atomic mass is 16.1. The van der Waals surface area contributed by atoms with Crippen molar-refractivity contribution in [1.29, 1.82) is 0 Å². The Morgan fingerprint density at radius 3 is 1.40 bits per heavy atom. The minimum Gasteiger partial charge on any atom is -0.354 e. The predicted molar refractivity (Wildman–Crippen MR) is 181 cm³/mol. The van der Waals surface area contributed by atoms with E-state index in [9.17, 15) is 4.79 Å². The zero-order valence-corrected chi connectivity index (χ0v) is 29.7. The minimum atomic E-state index is 0.0906. The Balaban J connectivity index is 1.44. The van der Waals surface area contributed by atoms with Gasteiger partial charge in [-0.1, -0.05) is 48.5 Å². The maximum Gasteiger partial charge on any atom is 0.220 e. The number of aryl methyl sites for hydroxylation is 3. The fourth-order valence-electron chi connectivity index (χ4n) is 5.56. The molecule has 0 aliphatic heterocycles. The summed E-state index contributed by atoms with van der Waals surface area (Å²) in [7, 11) is 0. The van der Waals surface area contributed by atoms with E-state index in [4.69, 9.17) is 0 Å². The third-order valence-electron chi connectivity index (χ3n) is 7.79. The molecule has 0 spiro atoms. The summed E-state index contributed by atoms with van der Waals surface area (Å²) in [4.78, 5) is 16.8. The average molecular weight is 666 g/mol. The van der Waals surface area contributed by atoms with Gasteiger partial charge in [-0.25, -0.2) is 0 Å². The molecule has 4 rings (SSSR count). The zero-order chi connectivity index (χ0) is 34.3. The van der Waals surface area contributed by atoms with E-state index in [2.05, 4.69) is 84.1 Å². The topological polar surface area (TPSA) is 158 Å². The van der Waals surface area contributed by atoms with Crippen LogP contribution in [0.5, 0.6) is 0 Å².